The number of hydrogen-bond acceptors (Lipinski definition) is 5. The van der Waals surface area contributed by atoms with Crippen LogP contribution < -0.4 is 10.2 Å². The van der Waals surface area contributed by atoms with E-state index in [-0.39, 0.29) is 6.04 Å². The monoisotopic (exact) mass is 274 g/mol. The molecule has 1 N–H and O–H groups in total. The molecule has 1 heterocycles. The Morgan fingerprint density at radius 1 is 1.35 bits per heavy atom. The third-order valence-corrected chi connectivity index (χ3v) is 3.18. The molecule has 2 aromatic rings. The van der Waals surface area contributed by atoms with E-state index in [1.165, 1.54) is 16.0 Å². The second kappa shape index (κ2) is 6.47. The van der Waals surface area contributed by atoms with Gasteiger partial charge in [0.1, 0.15) is 0 Å². The molecular formula is C14H22N6. The molecule has 0 aliphatic rings. The molecule has 6 heteroatoms. The Bertz CT molecular complexity index is 548. The molecule has 108 valence electrons. The highest BCUT2D eigenvalue weighted by atomic mass is 15.6. The Balaban J connectivity index is 2.21. The summed E-state index contributed by atoms with van der Waals surface area (Å²) in [5, 5.41) is 15.7. The molecule has 1 aromatic carbocycles. The van der Waals surface area contributed by atoms with Crippen molar-refractivity contribution in [2.45, 2.75) is 19.4 Å². The standard InChI is InChI=1S/C14H22N6/c1-5-15-13(10-14-16-18-20(4)17-14)11-7-6-8-12(9-11)19(2)3/h6-9,13,15H,5,10H2,1-4H3. The van der Waals surface area contributed by atoms with Crippen LogP contribution in [-0.4, -0.2) is 40.8 Å². The Morgan fingerprint density at radius 3 is 2.75 bits per heavy atom. The molecule has 0 radical (unpaired) electrons. The fourth-order valence-electron chi connectivity index (χ4n) is 2.16. The highest BCUT2D eigenvalue weighted by molar-refractivity contribution is 5.47. The first-order valence-electron chi connectivity index (χ1n) is 6.83. The Morgan fingerprint density at radius 2 is 2.15 bits per heavy atom. The van der Waals surface area contributed by atoms with Crippen LogP contribution in [0.2, 0.25) is 0 Å². The molecule has 1 aromatic heterocycles. The Hall–Kier alpha value is -1.95. The second-order valence-corrected chi connectivity index (χ2v) is 5.00. The smallest absolute Gasteiger partial charge is 0.176 e. The Kier molecular flexibility index (Phi) is 4.68. The number of nitrogens with zero attached hydrogens (tertiary/aromatic N) is 5. The summed E-state index contributed by atoms with van der Waals surface area (Å²) in [6.07, 6.45) is 0.735. The van der Waals surface area contributed by atoms with E-state index in [4.69, 9.17) is 0 Å². The van der Waals surface area contributed by atoms with Crippen LogP contribution in [0, 0.1) is 0 Å². The molecule has 6 nitrogen and oxygen atoms in total. The van der Waals surface area contributed by atoms with Crippen LogP contribution in [0.5, 0.6) is 0 Å². The summed E-state index contributed by atoms with van der Waals surface area (Å²) in [6, 6.07) is 8.72. The van der Waals surface area contributed by atoms with Crippen LogP contribution >= 0.6 is 0 Å². The minimum atomic E-state index is 0.198. The SMILES string of the molecule is CCNC(Cc1nnn(C)n1)c1cccc(N(C)C)c1. The summed E-state index contributed by atoms with van der Waals surface area (Å²) in [4.78, 5) is 3.60. The number of likely N-dealkylation sites (N-methyl/N-ethyl adjacent to an activating group) is 1. The first-order valence-corrected chi connectivity index (χ1v) is 6.83. The molecule has 1 unspecified atom stereocenters. The lowest BCUT2D eigenvalue weighted by Crippen LogP contribution is -2.24. The van der Waals surface area contributed by atoms with Crippen LogP contribution in [0.1, 0.15) is 24.4 Å². The van der Waals surface area contributed by atoms with Gasteiger partial charge in [-0.25, -0.2) is 0 Å². The first-order chi connectivity index (χ1) is 9.60. The lowest BCUT2D eigenvalue weighted by molar-refractivity contribution is 0.534. The van der Waals surface area contributed by atoms with Crippen molar-refractivity contribution in [3.63, 3.8) is 0 Å². The lowest BCUT2D eigenvalue weighted by atomic mass is 10.0. The van der Waals surface area contributed by atoms with E-state index in [1.54, 1.807) is 7.05 Å². The molecule has 1 atom stereocenters. The van der Waals surface area contributed by atoms with Crippen molar-refractivity contribution in [3.05, 3.63) is 35.7 Å². The molecule has 0 saturated carbocycles. The fourth-order valence-corrected chi connectivity index (χ4v) is 2.16. The van der Waals surface area contributed by atoms with Gasteiger partial charge in [-0.3, -0.25) is 0 Å². The van der Waals surface area contributed by atoms with Gasteiger partial charge in [0.2, 0.25) is 0 Å². The van der Waals surface area contributed by atoms with Crippen molar-refractivity contribution in [1.29, 1.82) is 0 Å². The Labute approximate surface area is 119 Å². The maximum atomic E-state index is 4.26. The third-order valence-electron chi connectivity index (χ3n) is 3.18. The van der Waals surface area contributed by atoms with E-state index in [9.17, 15) is 0 Å². The van der Waals surface area contributed by atoms with Gasteiger partial charge < -0.3 is 10.2 Å². The highest BCUT2D eigenvalue weighted by Gasteiger charge is 2.15. The quantitative estimate of drug-likeness (QED) is 0.857. The normalized spacial score (nSPS) is 12.4. The molecule has 0 spiro atoms. The summed E-state index contributed by atoms with van der Waals surface area (Å²) in [5.41, 5.74) is 2.43. The number of aryl methyl sites for hydroxylation is 1. The average Bonchev–Trinajstić information content (AvgIpc) is 2.84. The number of hydrogen-bond donors (Lipinski definition) is 1. The van der Waals surface area contributed by atoms with Crippen molar-refractivity contribution in [3.8, 4) is 0 Å². The number of benzene rings is 1. The average molecular weight is 274 g/mol. The van der Waals surface area contributed by atoms with Gasteiger partial charge in [-0.05, 0) is 29.5 Å². The first kappa shape index (κ1) is 14.5. The fraction of sp³-hybridized carbons (Fsp3) is 0.500. The van der Waals surface area contributed by atoms with Gasteiger partial charge in [0.25, 0.3) is 0 Å². The number of aromatic nitrogens is 4. The number of tetrazole rings is 1. The zero-order chi connectivity index (χ0) is 14.5. The third kappa shape index (κ3) is 3.54. The summed E-state index contributed by atoms with van der Waals surface area (Å²) >= 11 is 0. The van der Waals surface area contributed by atoms with E-state index in [0.29, 0.717) is 0 Å². The number of nitrogens with one attached hydrogen (secondary N) is 1. The van der Waals surface area contributed by atoms with Crippen molar-refractivity contribution in [2.75, 3.05) is 25.5 Å². The molecule has 0 bridgehead atoms. The van der Waals surface area contributed by atoms with Gasteiger partial charge in [-0.1, -0.05) is 19.1 Å². The van der Waals surface area contributed by atoms with E-state index < -0.39 is 0 Å². The predicted octanol–water partition coefficient (Wildman–Crippen LogP) is 1.17. The summed E-state index contributed by atoms with van der Waals surface area (Å²) in [6.45, 7) is 3.00. The van der Waals surface area contributed by atoms with Crippen molar-refractivity contribution in [2.24, 2.45) is 7.05 Å². The van der Waals surface area contributed by atoms with Gasteiger partial charge in [0.05, 0.1) is 7.05 Å². The second-order valence-electron chi connectivity index (χ2n) is 5.00. The topological polar surface area (TPSA) is 58.9 Å². The molecule has 0 aliphatic heterocycles. The molecule has 0 amide bonds. The molecule has 0 aliphatic carbocycles. The van der Waals surface area contributed by atoms with Gasteiger partial charge >= 0.3 is 0 Å². The summed E-state index contributed by atoms with van der Waals surface area (Å²) < 4.78 is 0. The van der Waals surface area contributed by atoms with Crippen LogP contribution in [-0.2, 0) is 13.5 Å². The van der Waals surface area contributed by atoms with Crippen LogP contribution in [0.4, 0.5) is 5.69 Å². The van der Waals surface area contributed by atoms with Gasteiger partial charge in [-0.2, -0.15) is 4.80 Å². The number of anilines is 1. The highest BCUT2D eigenvalue weighted by Crippen LogP contribution is 2.21. The van der Waals surface area contributed by atoms with E-state index in [1.807, 2.05) is 14.1 Å². The zero-order valence-corrected chi connectivity index (χ0v) is 12.5. The summed E-state index contributed by atoms with van der Waals surface area (Å²) in [7, 11) is 5.88. The van der Waals surface area contributed by atoms with Crippen molar-refractivity contribution < 1.29 is 0 Å². The molecule has 0 fully saturated rings. The maximum Gasteiger partial charge on any atom is 0.176 e. The molecule has 2 rings (SSSR count). The van der Waals surface area contributed by atoms with Gasteiger partial charge in [0.15, 0.2) is 5.82 Å². The molecule has 20 heavy (non-hydrogen) atoms. The molecular weight excluding hydrogens is 252 g/mol. The van der Waals surface area contributed by atoms with Crippen LogP contribution in [0.25, 0.3) is 0 Å². The lowest BCUT2D eigenvalue weighted by Gasteiger charge is -2.19. The molecule has 0 saturated heterocycles. The van der Waals surface area contributed by atoms with Crippen molar-refractivity contribution >= 4 is 5.69 Å². The number of rotatable bonds is 6. The zero-order valence-electron chi connectivity index (χ0n) is 12.5. The van der Waals surface area contributed by atoms with Crippen molar-refractivity contribution in [1.82, 2.24) is 25.5 Å². The maximum absolute atomic E-state index is 4.26. The van der Waals surface area contributed by atoms with Crippen LogP contribution in [0.15, 0.2) is 24.3 Å². The van der Waals surface area contributed by atoms with Crippen LogP contribution in [0.3, 0.4) is 0 Å². The largest absolute Gasteiger partial charge is 0.378 e. The minimum Gasteiger partial charge on any atom is -0.378 e. The van der Waals surface area contributed by atoms with Gasteiger partial charge in [-0.15, -0.1) is 10.2 Å². The van der Waals surface area contributed by atoms with E-state index >= 15 is 0 Å². The minimum absolute atomic E-state index is 0.198. The summed E-state index contributed by atoms with van der Waals surface area (Å²) in [5.74, 6) is 0.758. The predicted molar refractivity (Wildman–Crippen MR) is 79.7 cm³/mol. The van der Waals surface area contributed by atoms with E-state index in [2.05, 4.69) is 56.8 Å². The van der Waals surface area contributed by atoms with E-state index in [0.717, 1.165) is 18.8 Å². The van der Waals surface area contributed by atoms with Gasteiger partial charge in [0, 0.05) is 32.2 Å².